The van der Waals surface area contributed by atoms with Gasteiger partial charge in [-0.2, -0.15) is 0 Å². The van der Waals surface area contributed by atoms with Crippen molar-refractivity contribution in [2.24, 2.45) is 0 Å². The Hall–Kier alpha value is -2.80. The van der Waals surface area contributed by atoms with E-state index in [1.165, 1.54) is 12.1 Å². The first-order chi connectivity index (χ1) is 11.0. The number of thioether (sulfide) groups is 1. The summed E-state index contributed by atoms with van der Waals surface area (Å²) in [7, 11) is 0. The number of hydrogen-bond acceptors (Lipinski definition) is 5. The largest absolute Gasteiger partial charge is 0.478 e. The molecule has 3 rings (SSSR count). The highest BCUT2D eigenvalue weighted by molar-refractivity contribution is 8.18. The van der Waals surface area contributed by atoms with Crippen LogP contribution in [-0.4, -0.2) is 22.2 Å². The van der Waals surface area contributed by atoms with Gasteiger partial charge in [-0.25, -0.2) is 4.79 Å². The number of amides is 2. The van der Waals surface area contributed by atoms with Gasteiger partial charge >= 0.3 is 5.97 Å². The molecule has 6 nitrogen and oxygen atoms in total. The van der Waals surface area contributed by atoms with Crippen LogP contribution in [0.1, 0.15) is 21.7 Å². The van der Waals surface area contributed by atoms with Gasteiger partial charge in [-0.15, -0.1) is 0 Å². The minimum atomic E-state index is -1.00. The van der Waals surface area contributed by atoms with E-state index in [0.717, 1.165) is 11.8 Å². The van der Waals surface area contributed by atoms with E-state index in [1.807, 2.05) is 0 Å². The van der Waals surface area contributed by atoms with Crippen molar-refractivity contribution < 1.29 is 23.9 Å². The van der Waals surface area contributed by atoms with E-state index in [0.29, 0.717) is 22.6 Å². The van der Waals surface area contributed by atoms with Gasteiger partial charge in [0.2, 0.25) is 0 Å². The average molecular weight is 329 g/mol. The van der Waals surface area contributed by atoms with Crippen molar-refractivity contribution in [3.63, 3.8) is 0 Å². The third kappa shape index (κ3) is 2.91. The number of carboxylic acid groups (broad SMARTS) is 1. The SMILES string of the molecule is Cc1c(C(=O)O)cccc1-c1ccc(/C=C2\SC(=O)NC2=O)o1. The normalized spacial score (nSPS) is 16.0. The maximum absolute atomic E-state index is 11.5. The third-order valence-corrected chi connectivity index (χ3v) is 4.18. The Morgan fingerprint density at radius 2 is 2.04 bits per heavy atom. The molecule has 1 aromatic carbocycles. The summed E-state index contributed by atoms with van der Waals surface area (Å²) in [6.45, 7) is 1.71. The molecule has 23 heavy (non-hydrogen) atoms. The molecular formula is C16H11NO5S. The molecule has 0 radical (unpaired) electrons. The lowest BCUT2D eigenvalue weighted by molar-refractivity contribution is -0.115. The molecule has 2 heterocycles. The molecule has 2 amide bonds. The second-order valence-electron chi connectivity index (χ2n) is 4.84. The Kier molecular flexibility index (Phi) is 3.79. The van der Waals surface area contributed by atoms with E-state index in [-0.39, 0.29) is 10.5 Å². The number of nitrogens with one attached hydrogen (secondary N) is 1. The van der Waals surface area contributed by atoms with Crippen molar-refractivity contribution in [1.82, 2.24) is 5.32 Å². The Bertz CT molecular complexity index is 865. The van der Waals surface area contributed by atoms with E-state index in [2.05, 4.69) is 5.32 Å². The van der Waals surface area contributed by atoms with Crippen molar-refractivity contribution >= 4 is 35.0 Å². The summed E-state index contributed by atoms with van der Waals surface area (Å²) in [5, 5.41) is 10.9. The molecule has 0 spiro atoms. The number of rotatable bonds is 3. The predicted octanol–water partition coefficient (Wildman–Crippen LogP) is 3.28. The van der Waals surface area contributed by atoms with E-state index in [9.17, 15) is 14.4 Å². The molecule has 1 fully saturated rings. The molecule has 2 aromatic rings. The highest BCUT2D eigenvalue weighted by atomic mass is 32.2. The van der Waals surface area contributed by atoms with Crippen LogP contribution in [-0.2, 0) is 4.79 Å². The van der Waals surface area contributed by atoms with Crippen LogP contribution in [0, 0.1) is 6.92 Å². The van der Waals surface area contributed by atoms with Crippen molar-refractivity contribution in [1.29, 1.82) is 0 Å². The maximum atomic E-state index is 11.5. The number of imide groups is 1. The van der Waals surface area contributed by atoms with Crippen molar-refractivity contribution in [3.05, 3.63) is 52.1 Å². The summed E-state index contributed by atoms with van der Waals surface area (Å²) in [6.07, 6.45) is 1.48. The predicted molar refractivity (Wildman–Crippen MR) is 84.9 cm³/mol. The molecule has 1 aliphatic heterocycles. The second kappa shape index (κ2) is 5.77. The Morgan fingerprint density at radius 3 is 2.70 bits per heavy atom. The molecule has 116 valence electrons. The van der Waals surface area contributed by atoms with E-state index < -0.39 is 17.1 Å². The number of benzene rings is 1. The summed E-state index contributed by atoms with van der Waals surface area (Å²) >= 11 is 0.807. The maximum Gasteiger partial charge on any atom is 0.335 e. The fourth-order valence-electron chi connectivity index (χ4n) is 2.26. The number of carbonyl (C=O) groups is 3. The van der Waals surface area contributed by atoms with Crippen LogP contribution >= 0.6 is 11.8 Å². The highest BCUT2D eigenvalue weighted by Crippen LogP contribution is 2.30. The minimum Gasteiger partial charge on any atom is -0.478 e. The molecule has 7 heteroatoms. The van der Waals surface area contributed by atoms with Crippen molar-refractivity contribution in [2.75, 3.05) is 0 Å². The first-order valence-corrected chi connectivity index (χ1v) is 7.45. The van der Waals surface area contributed by atoms with E-state index in [4.69, 9.17) is 9.52 Å². The summed E-state index contributed by atoms with van der Waals surface area (Å²) in [6, 6.07) is 8.28. The van der Waals surface area contributed by atoms with Gasteiger partial charge in [-0.05, 0) is 42.4 Å². The van der Waals surface area contributed by atoms with Crippen LogP contribution in [0.3, 0.4) is 0 Å². The van der Waals surface area contributed by atoms with Gasteiger partial charge in [0, 0.05) is 11.6 Å². The van der Waals surface area contributed by atoms with Crippen molar-refractivity contribution in [3.8, 4) is 11.3 Å². The van der Waals surface area contributed by atoms with Crippen molar-refractivity contribution in [2.45, 2.75) is 6.92 Å². The molecule has 0 unspecified atom stereocenters. The summed E-state index contributed by atoms with van der Waals surface area (Å²) in [4.78, 5) is 34.1. The lowest BCUT2D eigenvalue weighted by atomic mass is 10.0. The lowest BCUT2D eigenvalue weighted by Gasteiger charge is -2.05. The average Bonchev–Trinajstić information content (AvgIpc) is 3.06. The molecule has 0 atom stereocenters. The van der Waals surface area contributed by atoms with Crippen LogP contribution in [0.25, 0.3) is 17.4 Å². The quantitative estimate of drug-likeness (QED) is 0.839. The fourth-order valence-corrected chi connectivity index (χ4v) is 2.92. The Labute approximate surface area is 135 Å². The molecular weight excluding hydrogens is 318 g/mol. The number of carboxylic acids is 1. The molecule has 0 aliphatic carbocycles. The summed E-state index contributed by atoms with van der Waals surface area (Å²) < 4.78 is 5.66. The monoisotopic (exact) mass is 329 g/mol. The topological polar surface area (TPSA) is 96.6 Å². The van der Waals surface area contributed by atoms with E-state index in [1.54, 1.807) is 31.2 Å². The zero-order valence-electron chi connectivity index (χ0n) is 12.0. The van der Waals surface area contributed by atoms with Crippen LogP contribution in [0.4, 0.5) is 4.79 Å². The van der Waals surface area contributed by atoms with E-state index >= 15 is 0 Å². The van der Waals surface area contributed by atoms with Crippen LogP contribution in [0.15, 0.2) is 39.7 Å². The van der Waals surface area contributed by atoms with Gasteiger partial charge in [-0.1, -0.05) is 12.1 Å². The Balaban J connectivity index is 1.96. The standard InChI is InChI=1S/C16H11NO5S/c1-8-10(3-2-4-11(8)15(19)20)12-6-5-9(22-12)7-13-14(18)17-16(21)23-13/h2-7H,1H3,(H,19,20)(H,17,18,21)/b13-7-. The van der Waals surface area contributed by atoms with Gasteiger partial charge < -0.3 is 9.52 Å². The zero-order valence-corrected chi connectivity index (χ0v) is 12.8. The van der Waals surface area contributed by atoms with Crippen LogP contribution in [0.2, 0.25) is 0 Å². The fraction of sp³-hybridized carbons (Fsp3) is 0.0625. The molecule has 0 bridgehead atoms. The molecule has 1 saturated heterocycles. The number of carbonyl (C=O) groups excluding carboxylic acids is 2. The number of furan rings is 1. The smallest absolute Gasteiger partial charge is 0.335 e. The Morgan fingerprint density at radius 1 is 1.26 bits per heavy atom. The van der Waals surface area contributed by atoms with Crippen LogP contribution in [0.5, 0.6) is 0 Å². The molecule has 1 aromatic heterocycles. The number of hydrogen-bond donors (Lipinski definition) is 2. The first kappa shape index (κ1) is 15.1. The van der Waals surface area contributed by atoms with Gasteiger partial charge in [0.1, 0.15) is 11.5 Å². The first-order valence-electron chi connectivity index (χ1n) is 6.63. The minimum absolute atomic E-state index is 0.204. The van der Waals surface area contributed by atoms with Gasteiger partial charge in [-0.3, -0.25) is 14.9 Å². The molecule has 1 aliphatic rings. The van der Waals surface area contributed by atoms with Gasteiger partial charge in [0.15, 0.2) is 0 Å². The highest BCUT2D eigenvalue weighted by Gasteiger charge is 2.25. The second-order valence-corrected chi connectivity index (χ2v) is 5.85. The summed E-state index contributed by atoms with van der Waals surface area (Å²) in [5.41, 5.74) is 1.46. The van der Waals surface area contributed by atoms with Gasteiger partial charge in [0.05, 0.1) is 10.5 Å². The van der Waals surface area contributed by atoms with Crippen LogP contribution < -0.4 is 5.32 Å². The lowest BCUT2D eigenvalue weighted by Crippen LogP contribution is -2.17. The van der Waals surface area contributed by atoms with Gasteiger partial charge in [0.25, 0.3) is 11.1 Å². The number of aromatic carboxylic acids is 1. The third-order valence-electron chi connectivity index (χ3n) is 3.37. The zero-order chi connectivity index (χ0) is 16.6. The summed E-state index contributed by atoms with van der Waals surface area (Å²) in [5.74, 6) is -0.558. The molecule has 0 saturated carbocycles. The molecule has 2 N–H and O–H groups in total.